The molecule has 1 aromatic rings. The van der Waals surface area contributed by atoms with E-state index in [0.717, 1.165) is 24.2 Å². The summed E-state index contributed by atoms with van der Waals surface area (Å²) in [6.07, 6.45) is 3.33. The zero-order valence-corrected chi connectivity index (χ0v) is 17.3. The number of nitrogens with zero attached hydrogens (tertiary/aromatic N) is 2. The number of nitrogens with one attached hydrogen (secondary N) is 2. The van der Waals surface area contributed by atoms with Crippen LogP contribution in [-0.2, 0) is 14.4 Å². The number of benzene rings is 1. The number of halogens is 1. The summed E-state index contributed by atoms with van der Waals surface area (Å²) in [7, 11) is 1.46. The summed E-state index contributed by atoms with van der Waals surface area (Å²) >= 11 is 5.81. The fraction of sp³-hybridized carbons (Fsp3) is 0.500. The highest BCUT2D eigenvalue weighted by Gasteiger charge is 2.55. The van der Waals surface area contributed by atoms with Crippen LogP contribution in [-0.4, -0.2) is 59.2 Å². The first-order valence-electron chi connectivity index (χ1n) is 9.66. The molecule has 1 saturated carbocycles. The van der Waals surface area contributed by atoms with Crippen LogP contribution in [0, 0.1) is 5.92 Å². The van der Waals surface area contributed by atoms with Crippen molar-refractivity contribution in [2.24, 2.45) is 5.92 Å². The molecule has 0 radical (unpaired) electrons. The summed E-state index contributed by atoms with van der Waals surface area (Å²) < 4.78 is 0. The van der Waals surface area contributed by atoms with E-state index in [9.17, 15) is 19.2 Å². The average Bonchev–Trinajstić information content (AvgIpc) is 2.91. The highest BCUT2D eigenvalue weighted by atomic mass is 35.5. The van der Waals surface area contributed by atoms with Crippen LogP contribution < -0.4 is 10.6 Å². The monoisotopic (exact) mass is 420 g/mol. The van der Waals surface area contributed by atoms with Gasteiger partial charge in [0.05, 0.1) is 6.54 Å². The van der Waals surface area contributed by atoms with E-state index >= 15 is 0 Å². The molecule has 1 saturated heterocycles. The molecule has 2 fully saturated rings. The van der Waals surface area contributed by atoms with Crippen LogP contribution in [0.3, 0.4) is 0 Å². The number of hydrogen-bond acceptors (Lipinski definition) is 4. The van der Waals surface area contributed by atoms with Crippen molar-refractivity contribution in [3.63, 3.8) is 0 Å². The quantitative estimate of drug-likeness (QED) is 0.713. The van der Waals surface area contributed by atoms with E-state index in [1.54, 1.807) is 24.3 Å². The Labute approximate surface area is 174 Å². The lowest BCUT2D eigenvalue weighted by atomic mass is 9.73. The van der Waals surface area contributed by atoms with Crippen molar-refractivity contribution in [3.8, 4) is 0 Å². The first-order chi connectivity index (χ1) is 13.7. The fourth-order valence-corrected chi connectivity index (χ4v) is 4.06. The SMILES string of the molecule is C[C@H]1CCCC[C@]12NC(=O)N(CC(=O)N(C)CC(=O)Nc1ccc(Cl)cc1)C2=O. The zero-order chi connectivity index (χ0) is 21.2. The number of imide groups is 1. The maximum atomic E-state index is 12.9. The molecule has 1 aliphatic carbocycles. The van der Waals surface area contributed by atoms with Crippen molar-refractivity contribution in [1.82, 2.24) is 15.1 Å². The maximum absolute atomic E-state index is 12.9. The normalized spacial score (nSPS) is 23.8. The van der Waals surface area contributed by atoms with Crippen LogP contribution in [0.5, 0.6) is 0 Å². The van der Waals surface area contributed by atoms with Gasteiger partial charge in [0.15, 0.2) is 0 Å². The first kappa shape index (κ1) is 21.1. The molecule has 1 heterocycles. The molecule has 29 heavy (non-hydrogen) atoms. The van der Waals surface area contributed by atoms with Gasteiger partial charge in [-0.25, -0.2) is 4.79 Å². The van der Waals surface area contributed by atoms with Crippen molar-refractivity contribution in [2.75, 3.05) is 25.5 Å². The second-order valence-electron chi connectivity index (χ2n) is 7.74. The van der Waals surface area contributed by atoms with Gasteiger partial charge in [-0.3, -0.25) is 19.3 Å². The third-order valence-corrected chi connectivity index (χ3v) is 5.98. The van der Waals surface area contributed by atoms with E-state index in [4.69, 9.17) is 11.6 Å². The van der Waals surface area contributed by atoms with E-state index in [-0.39, 0.29) is 24.9 Å². The topological polar surface area (TPSA) is 98.8 Å². The minimum Gasteiger partial charge on any atom is -0.335 e. The highest BCUT2D eigenvalue weighted by Crippen LogP contribution is 2.38. The van der Waals surface area contributed by atoms with Gasteiger partial charge in [0.25, 0.3) is 5.91 Å². The predicted molar refractivity (Wildman–Crippen MR) is 108 cm³/mol. The molecule has 9 heteroatoms. The molecule has 5 amide bonds. The largest absolute Gasteiger partial charge is 0.335 e. The van der Waals surface area contributed by atoms with Gasteiger partial charge in [-0.1, -0.05) is 31.4 Å². The molecule has 2 atom stereocenters. The molecule has 0 unspecified atom stereocenters. The van der Waals surface area contributed by atoms with Gasteiger partial charge in [0.1, 0.15) is 12.1 Å². The Bertz CT molecular complexity index is 828. The summed E-state index contributed by atoms with van der Waals surface area (Å²) in [5.41, 5.74) is -0.345. The van der Waals surface area contributed by atoms with Crippen molar-refractivity contribution in [1.29, 1.82) is 0 Å². The standard InChI is InChI=1S/C20H25ClN4O4/c1-13-5-3-4-10-20(13)18(28)25(19(29)23-20)12-17(27)24(2)11-16(26)22-15-8-6-14(21)7-9-15/h6-9,13H,3-5,10-12H2,1-2H3,(H,22,26)(H,23,29)/t13-,20-/m0/s1. The number of anilines is 1. The van der Waals surface area contributed by atoms with Crippen LogP contribution in [0.15, 0.2) is 24.3 Å². The third kappa shape index (κ3) is 4.37. The number of urea groups is 1. The van der Waals surface area contributed by atoms with Gasteiger partial charge in [0.2, 0.25) is 11.8 Å². The van der Waals surface area contributed by atoms with Crippen LogP contribution >= 0.6 is 11.6 Å². The molecule has 2 aliphatic rings. The van der Waals surface area contributed by atoms with Crippen molar-refractivity contribution in [2.45, 2.75) is 38.1 Å². The third-order valence-electron chi connectivity index (χ3n) is 5.73. The van der Waals surface area contributed by atoms with Gasteiger partial charge < -0.3 is 15.5 Å². The molecule has 8 nitrogen and oxygen atoms in total. The Morgan fingerprint density at radius 1 is 1.28 bits per heavy atom. The number of likely N-dealkylation sites (N-methyl/N-ethyl adjacent to an activating group) is 1. The minimum absolute atomic E-state index is 0.0238. The van der Waals surface area contributed by atoms with Crippen LogP contribution in [0.4, 0.5) is 10.5 Å². The highest BCUT2D eigenvalue weighted by molar-refractivity contribution is 6.30. The Morgan fingerprint density at radius 2 is 1.97 bits per heavy atom. The molecule has 156 valence electrons. The lowest BCUT2D eigenvalue weighted by Gasteiger charge is -2.36. The zero-order valence-electron chi connectivity index (χ0n) is 16.5. The molecule has 1 spiro atoms. The van der Waals surface area contributed by atoms with Crippen molar-refractivity contribution >= 4 is 41.0 Å². The molecule has 3 rings (SSSR count). The summed E-state index contributed by atoms with van der Waals surface area (Å²) in [5, 5.41) is 6.03. The van der Waals surface area contributed by atoms with Gasteiger partial charge in [-0.05, 0) is 43.0 Å². The van der Waals surface area contributed by atoms with E-state index in [2.05, 4.69) is 10.6 Å². The number of carbonyl (C=O) groups excluding carboxylic acids is 4. The maximum Gasteiger partial charge on any atom is 0.325 e. The summed E-state index contributed by atoms with van der Waals surface area (Å²) in [6.45, 7) is 1.37. The number of carbonyl (C=O) groups is 4. The molecule has 1 aromatic carbocycles. The Kier molecular flexibility index (Phi) is 6.12. The molecule has 0 aromatic heterocycles. The minimum atomic E-state index is -0.903. The van der Waals surface area contributed by atoms with Crippen LogP contribution in [0.25, 0.3) is 0 Å². The van der Waals surface area contributed by atoms with Gasteiger partial charge >= 0.3 is 6.03 Å². The Morgan fingerprint density at radius 3 is 2.62 bits per heavy atom. The van der Waals surface area contributed by atoms with E-state index in [1.165, 1.54) is 11.9 Å². The molecular weight excluding hydrogens is 396 g/mol. The lowest BCUT2D eigenvalue weighted by Crippen LogP contribution is -2.54. The Hall–Kier alpha value is -2.61. The Balaban J connectivity index is 1.57. The fourth-order valence-electron chi connectivity index (χ4n) is 3.93. The van der Waals surface area contributed by atoms with Crippen LogP contribution in [0.2, 0.25) is 5.02 Å². The molecule has 2 N–H and O–H groups in total. The number of hydrogen-bond donors (Lipinski definition) is 2. The van der Waals surface area contributed by atoms with E-state index in [1.807, 2.05) is 6.92 Å². The smallest absolute Gasteiger partial charge is 0.325 e. The van der Waals surface area contributed by atoms with Crippen LogP contribution in [0.1, 0.15) is 32.6 Å². The number of rotatable bonds is 5. The van der Waals surface area contributed by atoms with E-state index < -0.39 is 23.4 Å². The summed E-state index contributed by atoms with van der Waals surface area (Å²) in [4.78, 5) is 52.2. The van der Waals surface area contributed by atoms with Crippen molar-refractivity contribution in [3.05, 3.63) is 29.3 Å². The van der Waals surface area contributed by atoms with Gasteiger partial charge in [-0.15, -0.1) is 0 Å². The molecule has 0 bridgehead atoms. The van der Waals surface area contributed by atoms with Gasteiger partial charge in [0, 0.05) is 17.8 Å². The first-order valence-corrected chi connectivity index (χ1v) is 10.0. The number of amides is 5. The van der Waals surface area contributed by atoms with Crippen molar-refractivity contribution < 1.29 is 19.2 Å². The average molecular weight is 421 g/mol. The predicted octanol–water partition coefficient (Wildman–Crippen LogP) is 2.24. The lowest BCUT2D eigenvalue weighted by molar-refractivity contribution is -0.140. The molecule has 1 aliphatic heterocycles. The van der Waals surface area contributed by atoms with E-state index in [0.29, 0.717) is 17.1 Å². The summed E-state index contributed by atoms with van der Waals surface area (Å²) in [6, 6.07) is 6.05. The summed E-state index contributed by atoms with van der Waals surface area (Å²) in [5.74, 6) is -1.20. The second kappa shape index (κ2) is 8.41. The molecular formula is C20H25ClN4O4. The van der Waals surface area contributed by atoms with Gasteiger partial charge in [-0.2, -0.15) is 0 Å². The second-order valence-corrected chi connectivity index (χ2v) is 8.18.